The number of hydrogen-bond acceptors (Lipinski definition) is 4. The Bertz CT molecular complexity index is 969. The van der Waals surface area contributed by atoms with Crippen LogP contribution in [0.15, 0.2) is 56.9 Å². The highest BCUT2D eigenvalue weighted by atomic mass is 79.9. The van der Waals surface area contributed by atoms with Crippen LogP contribution in [0.4, 0.5) is 0 Å². The van der Waals surface area contributed by atoms with Gasteiger partial charge in [-0.05, 0) is 42.7 Å². The van der Waals surface area contributed by atoms with Crippen molar-refractivity contribution in [3.63, 3.8) is 0 Å². The van der Waals surface area contributed by atoms with Crippen LogP contribution in [-0.2, 0) is 11.3 Å². The number of nitrogens with one attached hydrogen (secondary N) is 1. The van der Waals surface area contributed by atoms with Crippen molar-refractivity contribution in [3.8, 4) is 0 Å². The largest absolute Gasteiger partial charge is 0.480 e. The highest BCUT2D eigenvalue weighted by Gasteiger charge is 2.22. The molecule has 1 aromatic heterocycles. The number of rotatable bonds is 9. The number of carbonyl (C=O) groups is 2. The first kappa shape index (κ1) is 22.2. The summed E-state index contributed by atoms with van der Waals surface area (Å²) < 4.78 is 2.27. The summed E-state index contributed by atoms with van der Waals surface area (Å²) in [5.74, 6) is -2.03. The van der Waals surface area contributed by atoms with Crippen molar-refractivity contribution >= 4 is 33.8 Å². The van der Waals surface area contributed by atoms with Crippen LogP contribution >= 0.6 is 15.9 Å². The molecular formula is C19H22BrN5O4. The van der Waals surface area contributed by atoms with Gasteiger partial charge in [-0.3, -0.25) is 14.6 Å². The third-order valence-corrected chi connectivity index (χ3v) is 4.55. The normalized spacial score (nSPS) is 11.5. The lowest BCUT2D eigenvalue weighted by Gasteiger charge is -2.14. The van der Waals surface area contributed by atoms with E-state index in [-0.39, 0.29) is 31.0 Å². The molecule has 1 heterocycles. The van der Waals surface area contributed by atoms with Gasteiger partial charge in [-0.15, -0.1) is 0 Å². The Balaban J connectivity index is 2.12. The quantitative estimate of drug-likeness (QED) is 0.246. The summed E-state index contributed by atoms with van der Waals surface area (Å²) >= 11 is 3.38. The molecule has 0 saturated heterocycles. The monoisotopic (exact) mass is 463 g/mol. The number of aliphatic carboxylic acids is 1. The average Bonchev–Trinajstić information content (AvgIpc) is 2.65. The van der Waals surface area contributed by atoms with E-state index in [1.54, 1.807) is 12.3 Å². The third kappa shape index (κ3) is 6.75. The standard InChI is InChI=1S/C19H22BrN5O4/c20-13-5-1-4-12(10-13)11-25-9-3-6-14(17(25)27)16(26)24-15(18(28)29)7-2-8-23-19(21)22/h1,3-6,9-10,15H,2,7-8,11H2,(H,24,26)(H,28,29)(H4,21,22,23)/t15-/m0/s1. The SMILES string of the molecule is NC(N)=NCCC[C@H](NC(=O)c1cccn(Cc2cccc(Br)c2)c1=O)C(=O)O. The van der Waals surface area contributed by atoms with Crippen molar-refractivity contribution < 1.29 is 14.7 Å². The molecule has 29 heavy (non-hydrogen) atoms. The van der Waals surface area contributed by atoms with Crippen LogP contribution in [0.3, 0.4) is 0 Å². The number of nitrogens with zero attached hydrogens (tertiary/aromatic N) is 2. The van der Waals surface area contributed by atoms with Gasteiger partial charge in [0.05, 0.1) is 6.54 Å². The van der Waals surface area contributed by atoms with Gasteiger partial charge in [-0.2, -0.15) is 0 Å². The molecule has 0 radical (unpaired) electrons. The van der Waals surface area contributed by atoms with Crippen LogP contribution in [0.25, 0.3) is 0 Å². The molecule has 10 heteroatoms. The highest BCUT2D eigenvalue weighted by Crippen LogP contribution is 2.12. The molecule has 0 aliphatic heterocycles. The van der Waals surface area contributed by atoms with E-state index in [2.05, 4.69) is 26.2 Å². The van der Waals surface area contributed by atoms with Gasteiger partial charge in [-0.1, -0.05) is 28.1 Å². The Morgan fingerprint density at radius 3 is 2.66 bits per heavy atom. The van der Waals surface area contributed by atoms with E-state index in [1.165, 1.54) is 10.6 Å². The molecule has 9 nitrogen and oxygen atoms in total. The predicted octanol–water partition coefficient (Wildman–Crippen LogP) is 0.896. The van der Waals surface area contributed by atoms with E-state index in [4.69, 9.17) is 11.5 Å². The van der Waals surface area contributed by atoms with E-state index in [0.29, 0.717) is 6.42 Å². The lowest BCUT2D eigenvalue weighted by Crippen LogP contribution is -2.43. The molecule has 154 valence electrons. The van der Waals surface area contributed by atoms with E-state index < -0.39 is 23.5 Å². The minimum absolute atomic E-state index is 0.0869. The van der Waals surface area contributed by atoms with Gasteiger partial charge in [0.2, 0.25) is 0 Å². The molecular weight excluding hydrogens is 442 g/mol. The van der Waals surface area contributed by atoms with Crippen molar-refractivity contribution in [1.29, 1.82) is 0 Å². The number of amides is 1. The molecule has 0 bridgehead atoms. The predicted molar refractivity (Wildman–Crippen MR) is 113 cm³/mol. The number of pyridine rings is 1. The molecule has 1 amide bonds. The van der Waals surface area contributed by atoms with Gasteiger partial charge < -0.3 is 26.5 Å². The van der Waals surface area contributed by atoms with E-state index >= 15 is 0 Å². The molecule has 0 unspecified atom stereocenters. The van der Waals surface area contributed by atoms with Gasteiger partial charge in [0.1, 0.15) is 11.6 Å². The molecule has 1 atom stereocenters. The van der Waals surface area contributed by atoms with Crippen molar-refractivity contribution in [1.82, 2.24) is 9.88 Å². The minimum atomic E-state index is -1.20. The fourth-order valence-corrected chi connectivity index (χ4v) is 3.11. The van der Waals surface area contributed by atoms with Crippen LogP contribution in [0.5, 0.6) is 0 Å². The maximum Gasteiger partial charge on any atom is 0.326 e. The van der Waals surface area contributed by atoms with Gasteiger partial charge in [-0.25, -0.2) is 4.79 Å². The van der Waals surface area contributed by atoms with Crippen LogP contribution < -0.4 is 22.3 Å². The number of carboxylic acid groups (broad SMARTS) is 1. The average molecular weight is 464 g/mol. The second-order valence-electron chi connectivity index (χ2n) is 6.30. The maximum atomic E-state index is 12.7. The van der Waals surface area contributed by atoms with Gasteiger partial charge >= 0.3 is 5.97 Å². The van der Waals surface area contributed by atoms with Crippen molar-refractivity contribution in [2.75, 3.05) is 6.54 Å². The number of benzene rings is 1. The molecule has 0 spiro atoms. The van der Waals surface area contributed by atoms with Crippen LogP contribution in [0, 0.1) is 0 Å². The number of guanidine groups is 1. The summed E-state index contributed by atoms with van der Waals surface area (Å²) in [5.41, 5.74) is 10.7. The number of hydrogen-bond donors (Lipinski definition) is 4. The Labute approximate surface area is 175 Å². The number of halogens is 1. The summed E-state index contributed by atoms with van der Waals surface area (Å²) in [4.78, 5) is 40.4. The Hall–Kier alpha value is -3.14. The number of carbonyl (C=O) groups excluding carboxylic acids is 1. The molecule has 2 rings (SSSR count). The Kier molecular flexibility index (Phi) is 7.96. The number of nitrogens with two attached hydrogens (primary N) is 2. The summed E-state index contributed by atoms with van der Waals surface area (Å²) in [6.45, 7) is 0.521. The molecule has 0 saturated carbocycles. The third-order valence-electron chi connectivity index (χ3n) is 4.06. The second kappa shape index (κ2) is 10.4. The molecule has 1 aromatic carbocycles. The second-order valence-corrected chi connectivity index (χ2v) is 7.21. The Morgan fingerprint density at radius 2 is 2.00 bits per heavy atom. The van der Waals surface area contributed by atoms with Gasteiger partial charge in [0.25, 0.3) is 11.5 Å². The minimum Gasteiger partial charge on any atom is -0.480 e. The zero-order chi connectivity index (χ0) is 21.4. The van der Waals surface area contributed by atoms with Gasteiger partial charge in [0.15, 0.2) is 5.96 Å². The summed E-state index contributed by atoms with van der Waals surface area (Å²) in [6, 6.07) is 9.23. The first-order valence-corrected chi connectivity index (χ1v) is 9.60. The first-order chi connectivity index (χ1) is 13.8. The fourth-order valence-electron chi connectivity index (χ4n) is 2.66. The number of carboxylic acids is 1. The first-order valence-electron chi connectivity index (χ1n) is 8.81. The van der Waals surface area contributed by atoms with Crippen LogP contribution in [0.2, 0.25) is 0 Å². The van der Waals surface area contributed by atoms with Crippen LogP contribution in [0.1, 0.15) is 28.8 Å². The summed E-state index contributed by atoms with van der Waals surface area (Å²) in [7, 11) is 0. The van der Waals surface area contributed by atoms with Crippen molar-refractivity contribution in [2.45, 2.75) is 25.4 Å². The molecule has 6 N–H and O–H groups in total. The van der Waals surface area contributed by atoms with E-state index in [9.17, 15) is 19.5 Å². The molecule has 2 aromatic rings. The van der Waals surface area contributed by atoms with E-state index in [1.807, 2.05) is 24.3 Å². The smallest absolute Gasteiger partial charge is 0.326 e. The molecule has 0 fully saturated rings. The summed E-state index contributed by atoms with van der Waals surface area (Å²) in [5, 5.41) is 11.7. The highest BCUT2D eigenvalue weighted by molar-refractivity contribution is 9.10. The number of aliphatic imine (C=N–C) groups is 1. The van der Waals surface area contributed by atoms with Crippen molar-refractivity contribution in [2.24, 2.45) is 16.5 Å². The maximum absolute atomic E-state index is 12.7. The lowest BCUT2D eigenvalue weighted by molar-refractivity contribution is -0.139. The number of aromatic nitrogens is 1. The molecule has 0 aliphatic rings. The zero-order valence-electron chi connectivity index (χ0n) is 15.5. The summed E-state index contributed by atoms with van der Waals surface area (Å²) in [6.07, 6.45) is 2.05. The van der Waals surface area contributed by atoms with Crippen LogP contribution in [-0.4, -0.2) is 40.1 Å². The fraction of sp³-hybridized carbons (Fsp3) is 0.263. The van der Waals surface area contributed by atoms with Gasteiger partial charge in [0, 0.05) is 17.2 Å². The van der Waals surface area contributed by atoms with E-state index in [0.717, 1.165) is 10.0 Å². The zero-order valence-corrected chi connectivity index (χ0v) is 17.1. The Morgan fingerprint density at radius 1 is 1.24 bits per heavy atom. The topological polar surface area (TPSA) is 153 Å². The lowest BCUT2D eigenvalue weighted by atomic mass is 10.1. The van der Waals surface area contributed by atoms with Crippen molar-refractivity contribution in [3.05, 3.63) is 68.5 Å². The molecule has 0 aliphatic carbocycles.